The maximum atomic E-state index is 10.8. The molecule has 2 nitrogen and oxygen atoms in total. The number of hydrogen-bond acceptors (Lipinski definition) is 1. The van der Waals surface area contributed by atoms with Gasteiger partial charge in [-0.05, 0) is 43.4 Å². The van der Waals surface area contributed by atoms with Crippen LogP contribution in [0.4, 0.5) is 0 Å². The Labute approximate surface area is 85.7 Å². The van der Waals surface area contributed by atoms with Gasteiger partial charge in [-0.3, -0.25) is 4.79 Å². The van der Waals surface area contributed by atoms with Crippen LogP contribution in [0.2, 0.25) is 0 Å². The molecule has 0 aliphatic heterocycles. The van der Waals surface area contributed by atoms with Crippen LogP contribution in [0.15, 0.2) is 0 Å². The Bertz CT molecular complexity index is 226. The highest BCUT2D eigenvalue weighted by Crippen LogP contribution is 2.62. The number of rotatable bonds is 3. The molecule has 1 atom stereocenters. The van der Waals surface area contributed by atoms with Crippen LogP contribution in [0, 0.1) is 17.3 Å². The highest BCUT2D eigenvalue weighted by molar-refractivity contribution is 5.74. The van der Waals surface area contributed by atoms with Crippen molar-refractivity contribution in [2.24, 2.45) is 17.3 Å². The van der Waals surface area contributed by atoms with Crippen LogP contribution < -0.4 is 0 Å². The first kappa shape index (κ1) is 10.0. The zero-order valence-electron chi connectivity index (χ0n) is 8.96. The van der Waals surface area contributed by atoms with E-state index in [0.29, 0.717) is 0 Å². The van der Waals surface area contributed by atoms with Gasteiger partial charge in [0.25, 0.3) is 0 Å². The molecule has 0 amide bonds. The van der Waals surface area contributed by atoms with E-state index in [9.17, 15) is 4.79 Å². The van der Waals surface area contributed by atoms with Crippen molar-refractivity contribution in [3.63, 3.8) is 0 Å². The molecule has 0 aromatic rings. The summed E-state index contributed by atoms with van der Waals surface area (Å²) in [6.07, 6.45) is 8.48. The van der Waals surface area contributed by atoms with E-state index < -0.39 is 5.97 Å². The number of carboxylic acid groups (broad SMARTS) is 1. The molecule has 0 aromatic carbocycles. The summed E-state index contributed by atoms with van der Waals surface area (Å²) in [6, 6.07) is 0. The molecule has 0 heterocycles. The van der Waals surface area contributed by atoms with Crippen molar-refractivity contribution < 1.29 is 9.90 Å². The van der Waals surface area contributed by atoms with Crippen LogP contribution in [0.1, 0.15) is 51.9 Å². The standard InChI is InChI=1S/C12H20O2/c1-2-3-9-4-6-12(7-5-9)8-10(12)11(13)14/h9-10H,2-8H2,1H3,(H,13,14). The quantitative estimate of drug-likeness (QED) is 0.753. The van der Waals surface area contributed by atoms with Crippen molar-refractivity contribution in [2.75, 3.05) is 0 Å². The van der Waals surface area contributed by atoms with Gasteiger partial charge in [0.05, 0.1) is 5.92 Å². The summed E-state index contributed by atoms with van der Waals surface area (Å²) in [5, 5.41) is 8.94. The first-order valence-corrected chi connectivity index (χ1v) is 5.91. The SMILES string of the molecule is CCCC1CCC2(CC1)CC2C(=O)O. The highest BCUT2D eigenvalue weighted by Gasteiger charge is 2.58. The molecule has 2 rings (SSSR count). The van der Waals surface area contributed by atoms with Crippen molar-refractivity contribution in [1.82, 2.24) is 0 Å². The van der Waals surface area contributed by atoms with Crippen LogP contribution in [0.3, 0.4) is 0 Å². The third kappa shape index (κ3) is 1.67. The van der Waals surface area contributed by atoms with Gasteiger partial charge in [0.2, 0.25) is 0 Å². The van der Waals surface area contributed by atoms with Crippen LogP contribution in [0.25, 0.3) is 0 Å². The molecule has 2 aliphatic carbocycles. The Balaban J connectivity index is 1.83. The Kier molecular flexibility index (Phi) is 2.54. The van der Waals surface area contributed by atoms with Crippen molar-refractivity contribution in [1.29, 1.82) is 0 Å². The van der Waals surface area contributed by atoms with E-state index in [1.165, 1.54) is 38.5 Å². The lowest BCUT2D eigenvalue weighted by molar-refractivity contribution is -0.139. The predicted octanol–water partition coefficient (Wildman–Crippen LogP) is 3.07. The summed E-state index contributed by atoms with van der Waals surface area (Å²) >= 11 is 0. The van der Waals surface area contributed by atoms with Gasteiger partial charge in [-0.15, -0.1) is 0 Å². The predicted molar refractivity (Wildman–Crippen MR) is 55.0 cm³/mol. The maximum absolute atomic E-state index is 10.8. The molecule has 0 saturated heterocycles. The van der Waals surface area contributed by atoms with Gasteiger partial charge in [-0.25, -0.2) is 0 Å². The van der Waals surface area contributed by atoms with Crippen LogP contribution in [0.5, 0.6) is 0 Å². The lowest BCUT2D eigenvalue weighted by atomic mass is 9.77. The van der Waals surface area contributed by atoms with Gasteiger partial charge in [0, 0.05) is 0 Å². The minimum absolute atomic E-state index is 0.00470. The average Bonchev–Trinajstić information content (AvgIpc) is 2.85. The van der Waals surface area contributed by atoms with E-state index in [4.69, 9.17) is 5.11 Å². The first-order chi connectivity index (χ1) is 6.68. The van der Waals surface area contributed by atoms with Gasteiger partial charge in [-0.2, -0.15) is 0 Å². The van der Waals surface area contributed by atoms with Gasteiger partial charge in [0.15, 0.2) is 0 Å². The number of carboxylic acids is 1. The summed E-state index contributed by atoms with van der Waals surface area (Å²) in [5.74, 6) is 0.338. The largest absolute Gasteiger partial charge is 0.481 e. The summed E-state index contributed by atoms with van der Waals surface area (Å²) in [4.78, 5) is 10.8. The van der Waals surface area contributed by atoms with E-state index in [-0.39, 0.29) is 11.3 Å². The smallest absolute Gasteiger partial charge is 0.307 e. The van der Waals surface area contributed by atoms with Crippen LogP contribution in [-0.2, 0) is 4.79 Å². The van der Waals surface area contributed by atoms with Crippen LogP contribution in [-0.4, -0.2) is 11.1 Å². The molecule has 1 spiro atoms. The highest BCUT2D eigenvalue weighted by atomic mass is 16.4. The van der Waals surface area contributed by atoms with Crippen molar-refractivity contribution in [3.8, 4) is 0 Å². The molecule has 0 bridgehead atoms. The molecule has 2 aliphatic rings. The van der Waals surface area contributed by atoms with Gasteiger partial charge in [0.1, 0.15) is 0 Å². The average molecular weight is 196 g/mol. The fraction of sp³-hybridized carbons (Fsp3) is 0.917. The van der Waals surface area contributed by atoms with Gasteiger partial charge in [-0.1, -0.05) is 19.8 Å². The third-order valence-electron chi connectivity index (χ3n) is 4.29. The summed E-state index contributed by atoms with van der Waals surface area (Å²) in [7, 11) is 0. The topological polar surface area (TPSA) is 37.3 Å². The molecule has 2 saturated carbocycles. The molecule has 0 radical (unpaired) electrons. The molecule has 2 heteroatoms. The molecule has 0 aromatic heterocycles. The minimum Gasteiger partial charge on any atom is -0.481 e. The number of hydrogen-bond donors (Lipinski definition) is 1. The van der Waals surface area contributed by atoms with Gasteiger partial charge < -0.3 is 5.11 Å². The molecule has 80 valence electrons. The number of aliphatic carboxylic acids is 1. The zero-order chi connectivity index (χ0) is 10.2. The van der Waals surface area contributed by atoms with E-state index in [1.54, 1.807) is 0 Å². The Morgan fingerprint density at radius 1 is 1.43 bits per heavy atom. The molecular weight excluding hydrogens is 176 g/mol. The molecular formula is C12H20O2. The van der Waals surface area contributed by atoms with Crippen molar-refractivity contribution in [2.45, 2.75) is 51.9 Å². The van der Waals surface area contributed by atoms with E-state index in [0.717, 1.165) is 12.3 Å². The van der Waals surface area contributed by atoms with E-state index in [2.05, 4.69) is 6.92 Å². The fourth-order valence-electron chi connectivity index (χ4n) is 3.20. The second kappa shape index (κ2) is 3.56. The summed E-state index contributed by atoms with van der Waals surface area (Å²) < 4.78 is 0. The van der Waals surface area contributed by atoms with Crippen molar-refractivity contribution in [3.05, 3.63) is 0 Å². The number of carbonyl (C=O) groups is 1. The second-order valence-corrected chi connectivity index (χ2v) is 5.19. The normalized spacial score (nSPS) is 41.2. The third-order valence-corrected chi connectivity index (χ3v) is 4.29. The summed E-state index contributed by atoms with van der Waals surface area (Å²) in [6.45, 7) is 2.24. The molecule has 2 fully saturated rings. The maximum Gasteiger partial charge on any atom is 0.307 e. The lowest BCUT2D eigenvalue weighted by Crippen LogP contribution is -2.19. The lowest BCUT2D eigenvalue weighted by Gasteiger charge is -2.28. The monoisotopic (exact) mass is 196 g/mol. The Hall–Kier alpha value is -0.530. The van der Waals surface area contributed by atoms with Crippen LogP contribution >= 0.6 is 0 Å². The van der Waals surface area contributed by atoms with E-state index >= 15 is 0 Å². The Morgan fingerprint density at radius 3 is 2.50 bits per heavy atom. The Morgan fingerprint density at radius 2 is 2.07 bits per heavy atom. The minimum atomic E-state index is -0.557. The first-order valence-electron chi connectivity index (χ1n) is 5.91. The van der Waals surface area contributed by atoms with Crippen molar-refractivity contribution >= 4 is 5.97 Å². The van der Waals surface area contributed by atoms with Gasteiger partial charge >= 0.3 is 5.97 Å². The molecule has 1 unspecified atom stereocenters. The summed E-state index contributed by atoms with van der Waals surface area (Å²) in [5.41, 5.74) is 0.246. The van der Waals surface area contributed by atoms with E-state index in [1.807, 2.05) is 0 Å². The fourth-order valence-corrected chi connectivity index (χ4v) is 3.20. The molecule has 14 heavy (non-hydrogen) atoms. The second-order valence-electron chi connectivity index (χ2n) is 5.19. The zero-order valence-corrected chi connectivity index (χ0v) is 8.96. The molecule has 1 N–H and O–H groups in total.